The van der Waals surface area contributed by atoms with Crippen LogP contribution in [0.4, 0.5) is 18.0 Å². The summed E-state index contributed by atoms with van der Waals surface area (Å²) in [4.78, 5) is 37.5. The minimum atomic E-state index is -6.09. The monoisotopic (exact) mass is 540 g/mol. The van der Waals surface area contributed by atoms with Crippen LogP contribution >= 0.6 is 0 Å². The lowest BCUT2D eigenvalue weighted by Crippen LogP contribution is -2.37. The van der Waals surface area contributed by atoms with Crippen LogP contribution in [0, 0.1) is 6.92 Å². The van der Waals surface area contributed by atoms with Crippen molar-refractivity contribution in [2.24, 2.45) is 7.05 Å². The van der Waals surface area contributed by atoms with Gasteiger partial charge in [-0.3, -0.25) is 14.3 Å². The van der Waals surface area contributed by atoms with Crippen molar-refractivity contribution in [2.45, 2.75) is 43.9 Å². The number of H-pyrrole nitrogens is 1. The molecule has 1 amide bonds. The topological polar surface area (TPSA) is 184 Å². The largest absolute Gasteiger partial charge is 0.741 e. The Bertz CT molecular complexity index is 1280. The van der Waals surface area contributed by atoms with E-state index in [1.165, 1.54) is 10.8 Å². The number of halogens is 3. The Hall–Kier alpha value is -3.28. The minimum Gasteiger partial charge on any atom is -0.741 e. The first-order valence-electron chi connectivity index (χ1n) is 10.1. The molecule has 0 aromatic carbocycles. The van der Waals surface area contributed by atoms with E-state index < -0.39 is 51.4 Å². The lowest BCUT2D eigenvalue weighted by molar-refractivity contribution is -0.671. The lowest BCUT2D eigenvalue weighted by atomic mass is 10.2. The SMILES string of the molecule is Cc1cn([C@H]2C[C@H](O)[C@@H](CNC(=O)OCc3cc[n+](C)cc3)O2)c(=O)[nH]c1=O.O=S(=O)([O-])C(F)(F)F. The van der Waals surface area contributed by atoms with Crippen molar-refractivity contribution < 1.29 is 50.1 Å². The third-order valence-electron chi connectivity index (χ3n) is 4.81. The van der Waals surface area contributed by atoms with Crippen LogP contribution in [-0.2, 0) is 33.2 Å². The number of hydrogen-bond donors (Lipinski definition) is 3. The van der Waals surface area contributed by atoms with E-state index in [0.29, 0.717) is 5.56 Å². The van der Waals surface area contributed by atoms with Crippen molar-refractivity contribution in [3.05, 3.63) is 62.7 Å². The third-order valence-corrected chi connectivity index (χ3v) is 5.38. The molecule has 1 fully saturated rings. The number of rotatable bonds is 5. The van der Waals surface area contributed by atoms with Crippen molar-refractivity contribution in [3.63, 3.8) is 0 Å². The van der Waals surface area contributed by atoms with Gasteiger partial charge in [-0.2, -0.15) is 13.2 Å². The summed E-state index contributed by atoms with van der Waals surface area (Å²) in [6.07, 6.45) is 2.30. The Kier molecular flexibility index (Phi) is 9.36. The molecule has 3 atom stereocenters. The predicted octanol–water partition coefficient (Wildman–Crippen LogP) is -0.704. The van der Waals surface area contributed by atoms with E-state index in [2.05, 4.69) is 10.3 Å². The minimum absolute atomic E-state index is 0.0251. The molecule has 0 unspecified atom stereocenters. The molecule has 2 aromatic rings. The molecule has 1 aliphatic rings. The second-order valence-electron chi connectivity index (χ2n) is 7.64. The Morgan fingerprint density at radius 2 is 1.94 bits per heavy atom. The van der Waals surface area contributed by atoms with Gasteiger partial charge in [-0.25, -0.2) is 22.6 Å². The molecular weight excluding hydrogens is 517 g/mol. The Morgan fingerprint density at radius 1 is 1.36 bits per heavy atom. The van der Waals surface area contributed by atoms with Gasteiger partial charge in [-0.1, -0.05) is 0 Å². The van der Waals surface area contributed by atoms with E-state index in [9.17, 15) is 32.7 Å². The van der Waals surface area contributed by atoms with Crippen LogP contribution < -0.4 is 21.1 Å². The van der Waals surface area contributed by atoms with Gasteiger partial charge in [-0.15, -0.1) is 0 Å². The predicted molar refractivity (Wildman–Crippen MR) is 112 cm³/mol. The maximum absolute atomic E-state index is 12.0. The van der Waals surface area contributed by atoms with Crippen LogP contribution in [0.5, 0.6) is 0 Å². The Balaban J connectivity index is 0.000000493. The highest BCUT2D eigenvalue weighted by molar-refractivity contribution is 7.86. The van der Waals surface area contributed by atoms with Crippen LogP contribution in [0.15, 0.2) is 40.3 Å². The number of ether oxygens (including phenoxy) is 2. The summed E-state index contributed by atoms with van der Waals surface area (Å²) in [6, 6.07) is 3.68. The molecule has 2 aromatic heterocycles. The molecule has 0 bridgehead atoms. The molecule has 0 aliphatic carbocycles. The fourth-order valence-corrected chi connectivity index (χ4v) is 2.88. The van der Waals surface area contributed by atoms with Crippen LogP contribution in [0.2, 0.25) is 0 Å². The summed E-state index contributed by atoms with van der Waals surface area (Å²) < 4.78 is 72.8. The first-order chi connectivity index (χ1) is 16.6. The average Bonchev–Trinajstić information content (AvgIpc) is 3.13. The van der Waals surface area contributed by atoms with E-state index in [4.69, 9.17) is 22.4 Å². The zero-order valence-corrected chi connectivity index (χ0v) is 19.7. The summed E-state index contributed by atoms with van der Waals surface area (Å²) in [5.74, 6) is 0. The van der Waals surface area contributed by atoms with E-state index in [1.807, 2.05) is 36.1 Å². The summed E-state index contributed by atoms with van der Waals surface area (Å²) >= 11 is 0. The van der Waals surface area contributed by atoms with Crippen LogP contribution in [0.25, 0.3) is 0 Å². The van der Waals surface area contributed by atoms with Gasteiger partial charge >= 0.3 is 17.3 Å². The molecule has 1 saturated heterocycles. The molecule has 200 valence electrons. The number of aromatic nitrogens is 3. The number of nitrogens with zero attached hydrogens (tertiary/aromatic N) is 2. The number of amides is 1. The Morgan fingerprint density at radius 3 is 2.50 bits per heavy atom. The molecule has 0 saturated carbocycles. The van der Waals surface area contributed by atoms with Gasteiger partial charge in [0.15, 0.2) is 22.5 Å². The van der Waals surface area contributed by atoms with Gasteiger partial charge in [0.1, 0.15) is 26.0 Å². The lowest BCUT2D eigenvalue weighted by Gasteiger charge is -2.16. The molecule has 1 aliphatic heterocycles. The zero-order chi connectivity index (χ0) is 27.3. The van der Waals surface area contributed by atoms with Crippen LogP contribution in [-0.4, -0.2) is 58.0 Å². The number of alkyl halides is 3. The zero-order valence-electron chi connectivity index (χ0n) is 18.9. The highest BCUT2D eigenvalue weighted by atomic mass is 32.2. The molecule has 0 spiro atoms. The molecule has 0 radical (unpaired) electrons. The summed E-state index contributed by atoms with van der Waals surface area (Å²) in [6.45, 7) is 1.72. The first kappa shape index (κ1) is 29.0. The van der Waals surface area contributed by atoms with Crippen molar-refractivity contribution in [1.29, 1.82) is 0 Å². The normalized spacial score (nSPS) is 19.8. The number of alkyl carbamates (subject to hydrolysis) is 1. The number of aliphatic hydroxyl groups is 1. The van der Waals surface area contributed by atoms with Gasteiger partial charge in [0.05, 0.1) is 6.10 Å². The third kappa shape index (κ3) is 8.14. The molecule has 36 heavy (non-hydrogen) atoms. The second kappa shape index (κ2) is 11.6. The van der Waals surface area contributed by atoms with Crippen molar-refractivity contribution in [3.8, 4) is 0 Å². The standard InChI is InChI=1S/C18H22N4O6.CHF3O3S/c1-11-9-22(17(25)20-16(11)24)15-7-13(23)14(28-15)8-19-18(26)27-10-12-3-5-21(2)6-4-12;2-1(3,4)8(5,6)7/h3-6,9,13-15,23H,7-8,10H2,1-2H3,(H-,19,20,24,25,26);(H,5,6,7)/t13-,14+,15+;/m0./s1. The number of aromatic amines is 1. The van der Waals surface area contributed by atoms with Gasteiger partial charge in [-0.05, 0) is 6.92 Å². The number of hydrogen-bond acceptors (Lipinski definition) is 9. The summed E-state index contributed by atoms with van der Waals surface area (Å²) in [5, 5.41) is 12.7. The van der Waals surface area contributed by atoms with E-state index in [1.54, 1.807) is 6.92 Å². The van der Waals surface area contributed by atoms with E-state index >= 15 is 0 Å². The highest BCUT2D eigenvalue weighted by Crippen LogP contribution is 2.27. The quantitative estimate of drug-likeness (QED) is 0.251. The first-order valence-corrected chi connectivity index (χ1v) is 11.5. The average molecular weight is 540 g/mol. The fraction of sp³-hybridized carbons (Fsp3) is 0.474. The molecule has 17 heteroatoms. The summed E-state index contributed by atoms with van der Waals surface area (Å²) in [5.41, 5.74) is -5.52. The van der Waals surface area contributed by atoms with Gasteiger partial charge in [0.25, 0.3) is 5.56 Å². The molecule has 3 N–H and O–H groups in total. The van der Waals surface area contributed by atoms with Crippen LogP contribution in [0.1, 0.15) is 23.8 Å². The van der Waals surface area contributed by atoms with Gasteiger partial charge in [0.2, 0.25) is 0 Å². The smallest absolute Gasteiger partial charge is 0.485 e. The van der Waals surface area contributed by atoms with Crippen molar-refractivity contribution in [1.82, 2.24) is 14.9 Å². The maximum atomic E-state index is 12.0. The van der Waals surface area contributed by atoms with Crippen molar-refractivity contribution in [2.75, 3.05) is 6.54 Å². The van der Waals surface area contributed by atoms with E-state index in [0.717, 1.165) is 5.56 Å². The highest BCUT2D eigenvalue weighted by Gasteiger charge is 2.37. The van der Waals surface area contributed by atoms with Gasteiger partial charge < -0.3 is 24.4 Å². The molecule has 3 rings (SSSR count). The molecule has 13 nitrogen and oxygen atoms in total. The number of aliphatic hydroxyl groups excluding tert-OH is 1. The number of nitrogens with one attached hydrogen (secondary N) is 2. The fourth-order valence-electron chi connectivity index (χ4n) is 2.88. The summed E-state index contributed by atoms with van der Waals surface area (Å²) in [7, 11) is -4.20. The van der Waals surface area contributed by atoms with E-state index in [-0.39, 0.29) is 19.6 Å². The van der Waals surface area contributed by atoms with Crippen molar-refractivity contribution >= 4 is 16.2 Å². The molecule has 3 heterocycles. The number of carbonyl (C=O) groups excluding carboxylic acids is 1. The maximum Gasteiger partial charge on any atom is 0.485 e. The number of carbonyl (C=O) groups is 1. The van der Waals surface area contributed by atoms with Crippen LogP contribution in [0.3, 0.4) is 0 Å². The van der Waals surface area contributed by atoms with Gasteiger partial charge in [0, 0.05) is 42.4 Å². The Labute approximate surface area is 201 Å². The molecular formula is C19H23F3N4O9S. The number of aryl methyl sites for hydroxylation is 2. The number of pyridine rings is 1. The second-order valence-corrected chi connectivity index (χ2v) is 9.01.